The second-order valence-electron chi connectivity index (χ2n) is 9.64. The Morgan fingerprint density at radius 3 is 1.42 bits per heavy atom. The zero-order valence-electron chi connectivity index (χ0n) is 21.1. The third-order valence-electron chi connectivity index (χ3n) is 7.16. The number of fused-ring (bicyclic) bond motifs is 3. The molecule has 1 nitrogen and oxygen atoms in total. The van der Waals surface area contributed by atoms with Crippen molar-refractivity contribution in [2.24, 2.45) is 0 Å². The van der Waals surface area contributed by atoms with Crippen molar-refractivity contribution in [3.63, 3.8) is 0 Å². The molecule has 0 bridgehead atoms. The number of aromatic nitrogens is 1. The fourth-order valence-corrected chi connectivity index (χ4v) is 8.09. The van der Waals surface area contributed by atoms with Crippen molar-refractivity contribution in [1.82, 2.24) is 4.98 Å². The second-order valence-corrected chi connectivity index (χ2v) is 11.7. The molecule has 0 amide bonds. The first-order valence-corrected chi connectivity index (χ1v) is 14.6. The summed E-state index contributed by atoms with van der Waals surface area (Å²) >= 11 is 0.0891. The maximum absolute atomic E-state index is 4.98. The molecule has 2 heteroatoms. The van der Waals surface area contributed by atoms with Crippen LogP contribution in [0.15, 0.2) is 134 Å². The Balaban J connectivity index is 1.81. The molecule has 0 unspecified atom stereocenters. The van der Waals surface area contributed by atoms with Crippen LogP contribution in [0.1, 0.15) is 5.56 Å². The third-order valence-corrected chi connectivity index (χ3v) is 9.53. The molecule has 0 N–H and O–H groups in total. The molecule has 0 aliphatic rings. The van der Waals surface area contributed by atoms with E-state index in [4.69, 9.17) is 4.98 Å². The Labute approximate surface area is 228 Å². The molecule has 0 fully saturated rings. The standard InChI is InChI=1S/C36H25NSe/c1-24-22-29-34-32(27-18-10-4-11-19-27)30(25-14-6-2-7-15-25)31(26-16-8-3-9-17-26)33(28-20-12-5-13-21-28)35(34)38-36(29)37-23-24/h2-23H,1H3. The number of benzene rings is 5. The summed E-state index contributed by atoms with van der Waals surface area (Å²) in [6.45, 7) is 2.15. The minimum atomic E-state index is 0.0891. The molecule has 180 valence electrons. The molecule has 7 aromatic rings. The van der Waals surface area contributed by atoms with Crippen LogP contribution in [-0.4, -0.2) is 19.5 Å². The van der Waals surface area contributed by atoms with Crippen LogP contribution in [0.2, 0.25) is 0 Å². The molecule has 7 rings (SSSR count). The van der Waals surface area contributed by atoms with Crippen molar-refractivity contribution < 1.29 is 0 Å². The van der Waals surface area contributed by atoms with Gasteiger partial charge in [0.2, 0.25) is 0 Å². The number of hydrogen-bond donors (Lipinski definition) is 0. The molecule has 0 atom stereocenters. The quantitative estimate of drug-likeness (QED) is 0.199. The van der Waals surface area contributed by atoms with E-state index in [0.29, 0.717) is 0 Å². The second kappa shape index (κ2) is 9.58. The Hall–Kier alpha value is -4.23. The van der Waals surface area contributed by atoms with Gasteiger partial charge in [0, 0.05) is 0 Å². The third kappa shape index (κ3) is 3.82. The number of nitrogens with zero attached hydrogens (tertiary/aromatic N) is 1. The summed E-state index contributed by atoms with van der Waals surface area (Å²) in [5.41, 5.74) is 11.4. The summed E-state index contributed by atoms with van der Waals surface area (Å²) in [6, 6.07) is 46.0. The van der Waals surface area contributed by atoms with Crippen molar-refractivity contribution in [1.29, 1.82) is 0 Å². The van der Waals surface area contributed by atoms with Gasteiger partial charge in [0.1, 0.15) is 0 Å². The van der Waals surface area contributed by atoms with Crippen LogP contribution in [-0.2, 0) is 0 Å². The summed E-state index contributed by atoms with van der Waals surface area (Å²) in [6.07, 6.45) is 2.02. The summed E-state index contributed by atoms with van der Waals surface area (Å²) in [4.78, 5) is 4.98. The predicted octanol–water partition coefficient (Wildman–Crippen LogP) is 9.42. The van der Waals surface area contributed by atoms with Crippen LogP contribution in [0.4, 0.5) is 0 Å². The van der Waals surface area contributed by atoms with E-state index in [2.05, 4.69) is 134 Å². The number of rotatable bonds is 4. The zero-order chi connectivity index (χ0) is 25.5. The van der Waals surface area contributed by atoms with E-state index in [-0.39, 0.29) is 14.5 Å². The predicted molar refractivity (Wildman–Crippen MR) is 163 cm³/mol. The fraction of sp³-hybridized carbons (Fsp3) is 0.0278. The zero-order valence-corrected chi connectivity index (χ0v) is 22.8. The van der Waals surface area contributed by atoms with E-state index in [1.54, 1.807) is 0 Å². The van der Waals surface area contributed by atoms with E-state index >= 15 is 0 Å². The van der Waals surface area contributed by atoms with E-state index in [1.807, 2.05) is 6.20 Å². The van der Waals surface area contributed by atoms with E-state index in [0.717, 1.165) is 0 Å². The summed E-state index contributed by atoms with van der Waals surface area (Å²) in [5.74, 6) is 0. The van der Waals surface area contributed by atoms with Crippen LogP contribution >= 0.6 is 0 Å². The normalized spacial score (nSPS) is 11.3. The first-order chi connectivity index (χ1) is 18.8. The molecule has 2 heterocycles. The molecular formula is C36H25NSe. The fourth-order valence-electron chi connectivity index (χ4n) is 5.56. The molecule has 38 heavy (non-hydrogen) atoms. The van der Waals surface area contributed by atoms with Gasteiger partial charge < -0.3 is 0 Å². The van der Waals surface area contributed by atoms with E-state index < -0.39 is 0 Å². The van der Waals surface area contributed by atoms with Gasteiger partial charge in [-0.3, -0.25) is 0 Å². The van der Waals surface area contributed by atoms with Crippen molar-refractivity contribution in [2.75, 3.05) is 0 Å². The van der Waals surface area contributed by atoms with Crippen molar-refractivity contribution in [3.8, 4) is 44.5 Å². The molecule has 0 aliphatic carbocycles. The van der Waals surface area contributed by atoms with Gasteiger partial charge in [0.15, 0.2) is 0 Å². The summed E-state index contributed by atoms with van der Waals surface area (Å²) in [5, 5.41) is 2.63. The maximum atomic E-state index is 4.98. The molecular weight excluding hydrogens is 525 g/mol. The SMILES string of the molecule is Cc1cnc2[se]c3c(-c4ccccc4)c(-c4ccccc4)c(-c4ccccc4)c(-c4ccccc4)c3c2c1. The Morgan fingerprint density at radius 2 is 0.921 bits per heavy atom. The van der Waals surface area contributed by atoms with Gasteiger partial charge in [-0.1, -0.05) is 0 Å². The van der Waals surface area contributed by atoms with Crippen molar-refractivity contribution in [2.45, 2.75) is 6.92 Å². The first kappa shape index (κ1) is 22.9. The average Bonchev–Trinajstić information content (AvgIpc) is 3.36. The number of hydrogen-bond acceptors (Lipinski definition) is 1. The summed E-state index contributed by atoms with van der Waals surface area (Å²) in [7, 11) is 0. The minimum absolute atomic E-state index is 0.0891. The molecule has 0 saturated carbocycles. The van der Waals surface area contributed by atoms with Crippen LogP contribution in [0.25, 0.3) is 63.9 Å². The molecule has 0 spiro atoms. The number of aryl methyl sites for hydroxylation is 1. The van der Waals surface area contributed by atoms with Gasteiger partial charge in [0.25, 0.3) is 0 Å². The molecule has 0 aliphatic heterocycles. The van der Waals surface area contributed by atoms with Crippen LogP contribution in [0, 0.1) is 6.92 Å². The van der Waals surface area contributed by atoms with Gasteiger partial charge >= 0.3 is 229 Å². The first-order valence-electron chi connectivity index (χ1n) is 12.9. The van der Waals surface area contributed by atoms with Crippen LogP contribution in [0.5, 0.6) is 0 Å². The van der Waals surface area contributed by atoms with E-state index in [1.165, 1.54) is 69.5 Å². The Kier molecular flexibility index (Phi) is 5.78. The van der Waals surface area contributed by atoms with Gasteiger partial charge in [-0.2, -0.15) is 0 Å². The van der Waals surface area contributed by atoms with E-state index in [9.17, 15) is 0 Å². The molecule has 0 saturated heterocycles. The van der Waals surface area contributed by atoms with Crippen molar-refractivity contribution in [3.05, 3.63) is 139 Å². The number of pyridine rings is 1. The van der Waals surface area contributed by atoms with Crippen LogP contribution in [0.3, 0.4) is 0 Å². The van der Waals surface area contributed by atoms with Gasteiger partial charge in [-0.15, -0.1) is 0 Å². The van der Waals surface area contributed by atoms with Crippen LogP contribution < -0.4 is 0 Å². The van der Waals surface area contributed by atoms with Crippen molar-refractivity contribution >= 4 is 33.9 Å². The molecule has 2 aromatic heterocycles. The van der Waals surface area contributed by atoms with Gasteiger partial charge in [-0.05, 0) is 0 Å². The Bertz CT molecular complexity index is 1890. The molecule has 5 aromatic carbocycles. The summed E-state index contributed by atoms with van der Waals surface area (Å²) < 4.78 is 2.64. The Morgan fingerprint density at radius 1 is 0.500 bits per heavy atom. The van der Waals surface area contributed by atoms with Gasteiger partial charge in [-0.25, -0.2) is 0 Å². The topological polar surface area (TPSA) is 12.9 Å². The van der Waals surface area contributed by atoms with Gasteiger partial charge in [0.05, 0.1) is 0 Å². The monoisotopic (exact) mass is 551 g/mol. The average molecular weight is 551 g/mol. The molecule has 0 radical (unpaired) electrons.